The lowest BCUT2D eigenvalue weighted by molar-refractivity contribution is -0.0440. The molecule has 1 saturated heterocycles. The number of nitrogens with one attached hydrogen (secondary N) is 2. The summed E-state index contributed by atoms with van der Waals surface area (Å²) in [5, 5.41) is 0.580. The third kappa shape index (κ3) is 4.49. The fourth-order valence-electron chi connectivity index (χ4n) is 3.72. The summed E-state index contributed by atoms with van der Waals surface area (Å²) in [5.74, 6) is -0.380. The summed E-state index contributed by atoms with van der Waals surface area (Å²) < 4.78 is 34.0. The second-order valence-corrected chi connectivity index (χ2v) is 11.0. The molecule has 8 nitrogen and oxygen atoms in total. The first kappa shape index (κ1) is 22.7. The first-order chi connectivity index (χ1) is 15.1. The first-order valence-electron chi connectivity index (χ1n) is 10.3. The van der Waals surface area contributed by atoms with Crippen molar-refractivity contribution in [2.75, 3.05) is 18.5 Å². The molecule has 4 rings (SSSR count). The second kappa shape index (κ2) is 8.78. The van der Waals surface area contributed by atoms with Gasteiger partial charge in [0.1, 0.15) is 0 Å². The van der Waals surface area contributed by atoms with Crippen LogP contribution in [0.15, 0.2) is 41.3 Å². The average Bonchev–Trinajstić information content (AvgIpc) is 3.18. The minimum Gasteiger partial charge on any atom is -0.373 e. The van der Waals surface area contributed by atoms with Crippen LogP contribution in [0.25, 0.3) is 10.2 Å². The van der Waals surface area contributed by atoms with E-state index in [0.29, 0.717) is 23.8 Å². The minimum absolute atomic E-state index is 0.153. The van der Waals surface area contributed by atoms with Crippen LogP contribution in [-0.2, 0) is 14.8 Å². The quantitative estimate of drug-likeness (QED) is 0.549. The van der Waals surface area contributed by atoms with Crippen LogP contribution in [0, 0.1) is 13.8 Å². The molecule has 0 bridgehead atoms. The number of hydrazine groups is 1. The van der Waals surface area contributed by atoms with E-state index in [0.717, 1.165) is 21.3 Å². The van der Waals surface area contributed by atoms with E-state index < -0.39 is 10.0 Å². The number of rotatable bonds is 5. The van der Waals surface area contributed by atoms with Gasteiger partial charge in [-0.3, -0.25) is 15.6 Å². The predicted molar refractivity (Wildman–Crippen MR) is 125 cm³/mol. The summed E-state index contributed by atoms with van der Waals surface area (Å²) in [5.41, 5.74) is 9.00. The molecule has 32 heavy (non-hydrogen) atoms. The van der Waals surface area contributed by atoms with Crippen LogP contribution >= 0.6 is 11.3 Å². The molecule has 2 atom stereocenters. The fraction of sp³-hybridized carbons (Fsp3) is 0.364. The van der Waals surface area contributed by atoms with Crippen molar-refractivity contribution in [1.29, 1.82) is 0 Å². The van der Waals surface area contributed by atoms with Crippen LogP contribution in [0.2, 0.25) is 0 Å². The Bertz CT molecular complexity index is 1240. The van der Waals surface area contributed by atoms with Crippen molar-refractivity contribution in [3.8, 4) is 0 Å². The van der Waals surface area contributed by atoms with Gasteiger partial charge in [-0.2, -0.15) is 4.31 Å². The highest BCUT2D eigenvalue weighted by Gasteiger charge is 2.32. The van der Waals surface area contributed by atoms with Gasteiger partial charge in [0.05, 0.1) is 27.3 Å². The Morgan fingerprint density at radius 1 is 1.09 bits per heavy atom. The van der Waals surface area contributed by atoms with Crippen molar-refractivity contribution >= 4 is 42.6 Å². The van der Waals surface area contributed by atoms with Gasteiger partial charge in [0.25, 0.3) is 5.91 Å². The number of aromatic nitrogens is 1. The van der Waals surface area contributed by atoms with Gasteiger partial charge in [0, 0.05) is 18.7 Å². The molecule has 1 aliphatic rings. The van der Waals surface area contributed by atoms with Gasteiger partial charge >= 0.3 is 0 Å². The van der Waals surface area contributed by atoms with Crippen LogP contribution in [-0.4, -0.2) is 48.9 Å². The topological polar surface area (TPSA) is 101 Å². The number of carbonyl (C=O) groups excluding carboxylic acids is 1. The molecule has 0 spiro atoms. The van der Waals surface area contributed by atoms with E-state index in [1.807, 2.05) is 39.8 Å². The Kier molecular flexibility index (Phi) is 6.22. The Morgan fingerprint density at radius 3 is 2.41 bits per heavy atom. The maximum Gasteiger partial charge on any atom is 0.269 e. The van der Waals surface area contributed by atoms with Crippen LogP contribution < -0.4 is 10.9 Å². The summed E-state index contributed by atoms with van der Waals surface area (Å²) >= 11 is 1.45. The van der Waals surface area contributed by atoms with Crippen molar-refractivity contribution in [1.82, 2.24) is 14.7 Å². The molecule has 0 saturated carbocycles. The minimum atomic E-state index is -3.65. The number of benzene rings is 2. The predicted octanol–water partition coefficient (Wildman–Crippen LogP) is 3.47. The van der Waals surface area contributed by atoms with Gasteiger partial charge in [0.15, 0.2) is 0 Å². The lowest BCUT2D eigenvalue weighted by atomic mass is 10.1. The summed E-state index contributed by atoms with van der Waals surface area (Å²) in [6.45, 7) is 8.37. The van der Waals surface area contributed by atoms with E-state index in [1.165, 1.54) is 39.9 Å². The normalized spacial score (nSPS) is 19.8. The van der Waals surface area contributed by atoms with Crippen LogP contribution in [0.4, 0.5) is 5.13 Å². The van der Waals surface area contributed by atoms with Crippen molar-refractivity contribution in [3.63, 3.8) is 0 Å². The summed E-state index contributed by atoms with van der Waals surface area (Å²) in [7, 11) is -3.65. The molecule has 10 heteroatoms. The fourth-order valence-corrected chi connectivity index (χ4v) is 6.19. The van der Waals surface area contributed by atoms with Gasteiger partial charge in [0.2, 0.25) is 15.2 Å². The van der Waals surface area contributed by atoms with E-state index in [2.05, 4.69) is 15.8 Å². The zero-order valence-electron chi connectivity index (χ0n) is 18.4. The van der Waals surface area contributed by atoms with Crippen LogP contribution in [0.5, 0.6) is 0 Å². The zero-order chi connectivity index (χ0) is 23.0. The Morgan fingerprint density at radius 2 is 1.75 bits per heavy atom. The molecule has 2 unspecified atom stereocenters. The highest BCUT2D eigenvalue weighted by atomic mass is 32.2. The Labute approximate surface area is 191 Å². The maximum atomic E-state index is 13.0. The van der Waals surface area contributed by atoms with Gasteiger partial charge in [-0.15, -0.1) is 0 Å². The van der Waals surface area contributed by atoms with E-state index >= 15 is 0 Å². The number of nitrogens with zero attached hydrogens (tertiary/aromatic N) is 2. The molecule has 1 fully saturated rings. The van der Waals surface area contributed by atoms with Crippen molar-refractivity contribution in [2.24, 2.45) is 0 Å². The molecule has 1 aromatic heterocycles. The number of morpholine rings is 1. The smallest absolute Gasteiger partial charge is 0.269 e. The van der Waals surface area contributed by atoms with E-state index in [9.17, 15) is 13.2 Å². The first-order valence-corrected chi connectivity index (χ1v) is 12.6. The number of hydrogen-bond acceptors (Lipinski definition) is 7. The number of hydrogen-bond donors (Lipinski definition) is 2. The third-order valence-corrected chi connectivity index (χ3v) is 8.29. The van der Waals surface area contributed by atoms with Crippen molar-refractivity contribution in [3.05, 3.63) is 53.1 Å². The van der Waals surface area contributed by atoms with Crippen LogP contribution in [0.3, 0.4) is 0 Å². The van der Waals surface area contributed by atoms with Gasteiger partial charge in [-0.25, -0.2) is 13.4 Å². The average molecular weight is 475 g/mol. The van der Waals surface area contributed by atoms with Crippen molar-refractivity contribution in [2.45, 2.75) is 44.8 Å². The third-order valence-electron chi connectivity index (χ3n) is 5.51. The Balaban J connectivity index is 1.44. The molecule has 3 aromatic rings. The molecule has 1 aliphatic heterocycles. The maximum absolute atomic E-state index is 13.0. The summed E-state index contributed by atoms with van der Waals surface area (Å²) in [4.78, 5) is 17.2. The monoisotopic (exact) mass is 474 g/mol. The molecular formula is C22H26N4O4S2. The number of anilines is 1. The number of carbonyl (C=O) groups is 1. The SMILES string of the molecule is Cc1ccc2sc(NNC(=O)c3ccc(S(=O)(=O)N4CC(C)OC(C)C4)cc3)nc2c1C. The van der Waals surface area contributed by atoms with E-state index in [1.54, 1.807) is 0 Å². The highest BCUT2D eigenvalue weighted by Crippen LogP contribution is 2.29. The molecule has 2 aromatic carbocycles. The second-order valence-electron chi connectivity index (χ2n) is 8.06. The zero-order valence-corrected chi connectivity index (χ0v) is 20.0. The molecule has 1 amide bonds. The number of fused-ring (bicyclic) bond motifs is 1. The van der Waals surface area contributed by atoms with E-state index in [4.69, 9.17) is 4.74 Å². The lowest BCUT2D eigenvalue weighted by Gasteiger charge is -2.34. The van der Waals surface area contributed by atoms with Gasteiger partial charge < -0.3 is 4.74 Å². The lowest BCUT2D eigenvalue weighted by Crippen LogP contribution is -2.48. The number of amides is 1. The highest BCUT2D eigenvalue weighted by molar-refractivity contribution is 7.89. The largest absolute Gasteiger partial charge is 0.373 e. The molecular weight excluding hydrogens is 448 g/mol. The molecule has 0 radical (unpaired) electrons. The molecule has 2 heterocycles. The summed E-state index contributed by atoms with van der Waals surface area (Å²) in [6, 6.07) is 9.98. The number of thiazole rings is 1. The molecule has 0 aliphatic carbocycles. The molecule has 2 N–H and O–H groups in total. The molecule has 170 valence electrons. The van der Waals surface area contributed by atoms with Crippen molar-refractivity contribution < 1.29 is 17.9 Å². The number of aryl methyl sites for hydroxylation is 2. The standard InChI is InChI=1S/C22H26N4O4S2/c1-13-5-10-19-20(16(13)4)23-22(31-19)25-24-21(27)17-6-8-18(9-7-17)32(28,29)26-11-14(2)30-15(3)12-26/h5-10,14-15H,11-12H2,1-4H3,(H,23,25)(H,24,27). The van der Waals surface area contributed by atoms with E-state index in [-0.39, 0.29) is 23.0 Å². The Hall–Kier alpha value is -2.53. The number of ether oxygens (including phenoxy) is 1. The number of sulfonamides is 1. The van der Waals surface area contributed by atoms with Gasteiger partial charge in [-0.1, -0.05) is 17.4 Å². The van der Waals surface area contributed by atoms with Gasteiger partial charge in [-0.05, 0) is 69.2 Å². The summed E-state index contributed by atoms with van der Waals surface area (Å²) in [6.07, 6.45) is -0.334. The van der Waals surface area contributed by atoms with Crippen LogP contribution in [0.1, 0.15) is 35.3 Å².